The first-order valence-electron chi connectivity index (χ1n) is 12.4. The fourth-order valence-electron chi connectivity index (χ4n) is 4.01. The van der Waals surface area contributed by atoms with Gasteiger partial charge in [-0.25, -0.2) is 13.8 Å². The number of sulfonamides is 1. The number of amides is 1. The zero-order valence-electron chi connectivity index (χ0n) is 21.9. The number of carbonyl (C=O) groups is 1. The number of nitrogens with one attached hydrogen (secondary N) is 2. The van der Waals surface area contributed by atoms with E-state index >= 15 is 0 Å². The number of hydrogen-bond acceptors (Lipinski definition) is 5. The monoisotopic (exact) mass is 607 g/mol. The van der Waals surface area contributed by atoms with Crippen molar-refractivity contribution >= 4 is 48.8 Å². The SMILES string of the molecule is Cc1ccc(S(=O)(=O)N[C@@H](C(=O)N/N=C\c2cc(Br)ccc2OCc2cccc3ccccc23)C(C)C)cc1. The molecule has 0 aromatic heterocycles. The molecule has 1 atom stereocenters. The number of carbonyl (C=O) groups excluding carboxylic acids is 1. The molecule has 0 aliphatic heterocycles. The number of fused-ring (bicyclic) bond motifs is 1. The van der Waals surface area contributed by atoms with Crippen molar-refractivity contribution in [3.63, 3.8) is 0 Å². The molecular weight excluding hydrogens is 578 g/mol. The van der Waals surface area contributed by atoms with Crippen LogP contribution in [-0.4, -0.2) is 26.6 Å². The lowest BCUT2D eigenvalue weighted by atomic mass is 10.1. The quantitative estimate of drug-likeness (QED) is 0.172. The molecule has 0 fully saturated rings. The molecule has 0 radical (unpaired) electrons. The van der Waals surface area contributed by atoms with E-state index in [1.54, 1.807) is 26.0 Å². The Morgan fingerprint density at radius 1 is 1.00 bits per heavy atom. The molecule has 7 nitrogen and oxygen atoms in total. The van der Waals surface area contributed by atoms with Gasteiger partial charge in [-0.2, -0.15) is 9.82 Å². The second kappa shape index (κ2) is 12.5. The Hall–Kier alpha value is -3.53. The molecule has 4 rings (SSSR count). The van der Waals surface area contributed by atoms with E-state index in [9.17, 15) is 13.2 Å². The minimum atomic E-state index is -3.89. The summed E-state index contributed by atoms with van der Waals surface area (Å²) in [4.78, 5) is 13.0. The van der Waals surface area contributed by atoms with Gasteiger partial charge in [-0.3, -0.25) is 4.79 Å². The molecule has 4 aromatic carbocycles. The first-order chi connectivity index (χ1) is 18.6. The Labute approximate surface area is 237 Å². The predicted octanol–water partition coefficient (Wildman–Crippen LogP) is 5.94. The Kier molecular flexibility index (Phi) is 9.16. The van der Waals surface area contributed by atoms with Crippen LogP contribution in [0.2, 0.25) is 0 Å². The Balaban J connectivity index is 1.46. The van der Waals surface area contributed by atoms with Gasteiger partial charge < -0.3 is 4.74 Å². The minimum Gasteiger partial charge on any atom is -0.488 e. The van der Waals surface area contributed by atoms with Crippen LogP contribution in [0, 0.1) is 12.8 Å². The number of benzene rings is 4. The summed E-state index contributed by atoms with van der Waals surface area (Å²) in [5.74, 6) is -0.291. The van der Waals surface area contributed by atoms with Crippen LogP contribution in [0.15, 0.2) is 99.4 Å². The van der Waals surface area contributed by atoms with Crippen molar-refractivity contribution in [3.8, 4) is 5.75 Å². The molecule has 2 N–H and O–H groups in total. The molecule has 0 heterocycles. The van der Waals surface area contributed by atoms with Crippen molar-refractivity contribution in [1.82, 2.24) is 10.1 Å². The molecule has 39 heavy (non-hydrogen) atoms. The maximum atomic E-state index is 12.9. The smallest absolute Gasteiger partial charge is 0.258 e. The first kappa shape index (κ1) is 28.5. The van der Waals surface area contributed by atoms with Crippen LogP contribution in [0.1, 0.15) is 30.5 Å². The first-order valence-corrected chi connectivity index (χ1v) is 14.7. The van der Waals surface area contributed by atoms with E-state index in [1.165, 1.54) is 18.3 Å². The van der Waals surface area contributed by atoms with E-state index in [1.807, 2.05) is 49.4 Å². The van der Waals surface area contributed by atoms with Crippen LogP contribution >= 0.6 is 15.9 Å². The van der Waals surface area contributed by atoms with Crippen LogP contribution in [0.4, 0.5) is 0 Å². The summed E-state index contributed by atoms with van der Waals surface area (Å²) in [5.41, 5.74) is 5.11. The van der Waals surface area contributed by atoms with E-state index in [0.717, 1.165) is 26.4 Å². The lowest BCUT2D eigenvalue weighted by molar-refractivity contribution is -0.123. The number of hydrazone groups is 1. The molecule has 4 aromatic rings. The average Bonchev–Trinajstić information content (AvgIpc) is 2.91. The summed E-state index contributed by atoms with van der Waals surface area (Å²) >= 11 is 3.47. The predicted molar refractivity (Wildman–Crippen MR) is 158 cm³/mol. The van der Waals surface area contributed by atoms with Crippen molar-refractivity contribution in [2.24, 2.45) is 11.0 Å². The lowest BCUT2D eigenvalue weighted by Gasteiger charge is -2.20. The number of aryl methyl sites for hydroxylation is 1. The molecule has 0 aliphatic rings. The van der Waals surface area contributed by atoms with Gasteiger partial charge in [-0.05, 0) is 59.5 Å². The van der Waals surface area contributed by atoms with Gasteiger partial charge in [0, 0.05) is 10.0 Å². The largest absolute Gasteiger partial charge is 0.488 e. The molecule has 0 saturated heterocycles. The third-order valence-corrected chi connectivity index (χ3v) is 8.13. The molecule has 9 heteroatoms. The molecule has 1 amide bonds. The summed E-state index contributed by atoms with van der Waals surface area (Å²) in [6.07, 6.45) is 1.48. The number of hydrogen-bond donors (Lipinski definition) is 2. The maximum Gasteiger partial charge on any atom is 0.258 e. The average molecular weight is 609 g/mol. The van der Waals surface area contributed by atoms with Gasteiger partial charge >= 0.3 is 0 Å². The fraction of sp³-hybridized carbons (Fsp3) is 0.200. The fourth-order valence-corrected chi connectivity index (χ4v) is 5.73. The Morgan fingerprint density at radius 2 is 1.72 bits per heavy atom. The second-order valence-corrected chi connectivity index (χ2v) is 12.1. The molecular formula is C30H30BrN3O4S. The van der Waals surface area contributed by atoms with Gasteiger partial charge in [0.15, 0.2) is 0 Å². The number of halogens is 1. The van der Waals surface area contributed by atoms with Crippen molar-refractivity contribution < 1.29 is 17.9 Å². The molecule has 0 saturated carbocycles. The van der Waals surface area contributed by atoms with E-state index in [4.69, 9.17) is 4.74 Å². The minimum absolute atomic E-state index is 0.0946. The Bertz CT molecular complexity index is 1600. The standard InChI is InChI=1S/C30H30BrN3O4S/c1-20(2)29(34-39(36,37)26-14-11-21(3)12-15-26)30(35)33-32-18-24-17-25(31)13-16-28(24)38-19-23-9-6-8-22-7-4-5-10-27(22)23/h4-18,20,29,34H,19H2,1-3H3,(H,33,35)/b32-18-/t29-/m1/s1. The van der Waals surface area contributed by atoms with Gasteiger partial charge in [-0.15, -0.1) is 0 Å². The molecule has 0 unspecified atom stereocenters. The Morgan fingerprint density at radius 3 is 2.46 bits per heavy atom. The summed E-state index contributed by atoms with van der Waals surface area (Å²) in [7, 11) is -3.89. The van der Waals surface area contributed by atoms with Gasteiger partial charge in [-0.1, -0.05) is 89.9 Å². The number of nitrogens with zero attached hydrogens (tertiary/aromatic N) is 1. The maximum absolute atomic E-state index is 12.9. The van der Waals surface area contributed by atoms with E-state index < -0.39 is 22.0 Å². The van der Waals surface area contributed by atoms with Crippen LogP contribution in [0.25, 0.3) is 10.8 Å². The zero-order chi connectivity index (χ0) is 28.0. The van der Waals surface area contributed by atoms with Crippen LogP contribution in [0.3, 0.4) is 0 Å². The van der Waals surface area contributed by atoms with E-state index in [2.05, 4.69) is 49.4 Å². The molecule has 202 valence electrons. The third-order valence-electron chi connectivity index (χ3n) is 6.18. The van der Waals surface area contributed by atoms with Gasteiger partial charge in [0.2, 0.25) is 10.0 Å². The summed E-state index contributed by atoms with van der Waals surface area (Å²) in [5, 5.41) is 6.36. The zero-order valence-corrected chi connectivity index (χ0v) is 24.3. The van der Waals surface area contributed by atoms with E-state index in [0.29, 0.717) is 17.9 Å². The normalized spacial score (nSPS) is 12.6. The second-order valence-electron chi connectivity index (χ2n) is 9.50. The van der Waals surface area contributed by atoms with Gasteiger partial charge in [0.05, 0.1) is 11.1 Å². The summed E-state index contributed by atoms with van der Waals surface area (Å²) < 4.78 is 35.2. The van der Waals surface area contributed by atoms with Crippen molar-refractivity contribution in [2.75, 3.05) is 0 Å². The van der Waals surface area contributed by atoms with Gasteiger partial charge in [0.1, 0.15) is 18.4 Å². The highest BCUT2D eigenvalue weighted by molar-refractivity contribution is 9.10. The molecule has 0 bridgehead atoms. The van der Waals surface area contributed by atoms with Crippen LogP contribution < -0.4 is 14.9 Å². The highest BCUT2D eigenvalue weighted by Gasteiger charge is 2.28. The van der Waals surface area contributed by atoms with Crippen molar-refractivity contribution in [2.45, 2.75) is 38.3 Å². The van der Waals surface area contributed by atoms with Crippen LogP contribution in [-0.2, 0) is 21.4 Å². The highest BCUT2D eigenvalue weighted by Crippen LogP contribution is 2.25. The van der Waals surface area contributed by atoms with Crippen molar-refractivity contribution in [1.29, 1.82) is 0 Å². The number of rotatable bonds is 10. The third kappa shape index (κ3) is 7.32. The summed E-state index contributed by atoms with van der Waals surface area (Å²) in [6.45, 7) is 5.75. The van der Waals surface area contributed by atoms with Crippen molar-refractivity contribution in [3.05, 3.63) is 106 Å². The topological polar surface area (TPSA) is 96.9 Å². The molecule has 0 aliphatic carbocycles. The highest BCUT2D eigenvalue weighted by atomic mass is 79.9. The summed E-state index contributed by atoms with van der Waals surface area (Å²) in [6, 6.07) is 25.1. The number of ether oxygens (including phenoxy) is 1. The molecule has 0 spiro atoms. The lowest BCUT2D eigenvalue weighted by Crippen LogP contribution is -2.48. The van der Waals surface area contributed by atoms with Gasteiger partial charge in [0.25, 0.3) is 5.91 Å². The van der Waals surface area contributed by atoms with E-state index in [-0.39, 0.29) is 10.8 Å². The van der Waals surface area contributed by atoms with Crippen LogP contribution in [0.5, 0.6) is 5.75 Å².